The lowest BCUT2D eigenvalue weighted by Crippen LogP contribution is -2.11. The molecule has 22 heavy (non-hydrogen) atoms. The normalized spacial score (nSPS) is 12.0. The number of Topliss-reactive ketones (excluding diaryl/α,β-unsaturated/α-hetero) is 1. The van der Waals surface area contributed by atoms with Crippen LogP contribution in [-0.2, 0) is 11.2 Å². The lowest BCUT2D eigenvalue weighted by molar-refractivity contribution is -0.119. The molecular formula is C18H28O4. The SMILES string of the molecule is CCCCC(=O)CCCC(O)Cc1ccc(OC)c(OC)c1. The molecule has 1 N–H and O–H groups in total. The van der Waals surface area contributed by atoms with Crippen LogP contribution in [0.1, 0.15) is 51.0 Å². The highest BCUT2D eigenvalue weighted by molar-refractivity contribution is 5.78. The van der Waals surface area contributed by atoms with Crippen LogP contribution >= 0.6 is 0 Å². The van der Waals surface area contributed by atoms with Gasteiger partial charge in [0, 0.05) is 12.8 Å². The van der Waals surface area contributed by atoms with Gasteiger partial charge in [-0.25, -0.2) is 0 Å². The molecule has 0 saturated heterocycles. The summed E-state index contributed by atoms with van der Waals surface area (Å²) in [7, 11) is 3.20. The molecule has 1 aromatic rings. The van der Waals surface area contributed by atoms with E-state index in [1.165, 1.54) is 0 Å². The number of carbonyl (C=O) groups excluding carboxylic acids is 1. The van der Waals surface area contributed by atoms with Crippen LogP contribution in [0.2, 0.25) is 0 Å². The van der Waals surface area contributed by atoms with Gasteiger partial charge < -0.3 is 14.6 Å². The molecule has 4 nitrogen and oxygen atoms in total. The van der Waals surface area contributed by atoms with Crippen molar-refractivity contribution in [2.24, 2.45) is 0 Å². The van der Waals surface area contributed by atoms with Gasteiger partial charge in [-0.15, -0.1) is 0 Å². The fourth-order valence-electron chi connectivity index (χ4n) is 2.42. The van der Waals surface area contributed by atoms with Crippen LogP contribution in [0.4, 0.5) is 0 Å². The van der Waals surface area contributed by atoms with Gasteiger partial charge in [-0.3, -0.25) is 4.79 Å². The lowest BCUT2D eigenvalue weighted by atomic mass is 10.0. The number of methoxy groups -OCH3 is 2. The number of ether oxygens (including phenoxy) is 2. The van der Waals surface area contributed by atoms with Crippen LogP contribution in [0.15, 0.2) is 18.2 Å². The van der Waals surface area contributed by atoms with E-state index in [0.717, 1.165) is 24.8 Å². The van der Waals surface area contributed by atoms with Crippen molar-refractivity contribution in [1.82, 2.24) is 0 Å². The second-order valence-electron chi connectivity index (χ2n) is 5.58. The van der Waals surface area contributed by atoms with Gasteiger partial charge in [-0.2, -0.15) is 0 Å². The Labute approximate surface area is 133 Å². The Kier molecular flexibility index (Phi) is 8.60. The number of benzene rings is 1. The van der Waals surface area contributed by atoms with Crippen molar-refractivity contribution >= 4 is 5.78 Å². The third kappa shape index (κ3) is 6.48. The first-order valence-electron chi connectivity index (χ1n) is 8.01. The van der Waals surface area contributed by atoms with Crippen molar-refractivity contribution in [3.05, 3.63) is 23.8 Å². The van der Waals surface area contributed by atoms with Crippen molar-refractivity contribution in [1.29, 1.82) is 0 Å². The molecule has 0 fully saturated rings. The zero-order chi connectivity index (χ0) is 16.4. The molecule has 1 aromatic carbocycles. The Morgan fingerprint density at radius 3 is 2.45 bits per heavy atom. The van der Waals surface area contributed by atoms with Crippen LogP contribution in [0.3, 0.4) is 0 Å². The summed E-state index contributed by atoms with van der Waals surface area (Å²) in [5.41, 5.74) is 1.00. The molecule has 124 valence electrons. The number of carbonyl (C=O) groups is 1. The summed E-state index contributed by atoms with van der Waals surface area (Å²) in [6, 6.07) is 5.65. The molecule has 0 aromatic heterocycles. The first-order chi connectivity index (χ1) is 10.6. The van der Waals surface area contributed by atoms with Gasteiger partial charge in [0.15, 0.2) is 11.5 Å². The average molecular weight is 308 g/mol. The van der Waals surface area contributed by atoms with E-state index < -0.39 is 6.10 Å². The Morgan fingerprint density at radius 1 is 1.14 bits per heavy atom. The number of aliphatic hydroxyl groups excluding tert-OH is 1. The third-order valence-corrected chi connectivity index (χ3v) is 3.72. The van der Waals surface area contributed by atoms with E-state index >= 15 is 0 Å². The predicted molar refractivity (Wildman–Crippen MR) is 87.6 cm³/mol. The van der Waals surface area contributed by atoms with Crippen molar-refractivity contribution in [2.75, 3.05) is 14.2 Å². The highest BCUT2D eigenvalue weighted by Gasteiger charge is 2.10. The molecule has 0 radical (unpaired) electrons. The predicted octanol–water partition coefficient (Wildman–Crippen LogP) is 3.54. The van der Waals surface area contributed by atoms with Gasteiger partial charge in [0.25, 0.3) is 0 Å². The number of hydrogen-bond acceptors (Lipinski definition) is 4. The average Bonchev–Trinajstić information content (AvgIpc) is 2.52. The fraction of sp³-hybridized carbons (Fsp3) is 0.611. The molecule has 1 rings (SSSR count). The first kappa shape index (κ1) is 18.5. The minimum atomic E-state index is -0.433. The van der Waals surface area contributed by atoms with Gasteiger partial charge in [0.2, 0.25) is 0 Å². The highest BCUT2D eigenvalue weighted by atomic mass is 16.5. The summed E-state index contributed by atoms with van der Waals surface area (Å²) in [6.07, 6.45) is 4.77. The summed E-state index contributed by atoms with van der Waals surface area (Å²) in [5, 5.41) is 10.1. The molecule has 0 heterocycles. The Bertz CT molecular complexity index is 456. The van der Waals surface area contributed by atoms with E-state index in [-0.39, 0.29) is 0 Å². The Balaban J connectivity index is 2.38. The van der Waals surface area contributed by atoms with Gasteiger partial charge in [0.1, 0.15) is 5.78 Å². The summed E-state index contributed by atoms with van der Waals surface area (Å²) >= 11 is 0. The molecule has 0 bridgehead atoms. The molecule has 1 atom stereocenters. The van der Waals surface area contributed by atoms with Crippen molar-refractivity contribution < 1.29 is 19.4 Å². The molecule has 0 aliphatic carbocycles. The molecular weight excluding hydrogens is 280 g/mol. The Morgan fingerprint density at radius 2 is 1.82 bits per heavy atom. The molecule has 0 amide bonds. The third-order valence-electron chi connectivity index (χ3n) is 3.72. The zero-order valence-corrected chi connectivity index (χ0v) is 13.9. The molecule has 0 aliphatic rings. The second-order valence-corrected chi connectivity index (χ2v) is 5.58. The number of rotatable bonds is 11. The van der Waals surface area contributed by atoms with Gasteiger partial charge >= 0.3 is 0 Å². The summed E-state index contributed by atoms with van der Waals surface area (Å²) in [6.45, 7) is 2.08. The molecule has 0 saturated carbocycles. The van der Waals surface area contributed by atoms with E-state index in [4.69, 9.17) is 9.47 Å². The number of hydrogen-bond donors (Lipinski definition) is 1. The first-order valence-corrected chi connectivity index (χ1v) is 8.01. The molecule has 1 unspecified atom stereocenters. The van der Waals surface area contributed by atoms with Crippen LogP contribution in [0.5, 0.6) is 11.5 Å². The maximum absolute atomic E-state index is 11.6. The van der Waals surface area contributed by atoms with E-state index in [1.54, 1.807) is 14.2 Å². The minimum Gasteiger partial charge on any atom is -0.493 e. The second kappa shape index (κ2) is 10.2. The summed E-state index contributed by atoms with van der Waals surface area (Å²) in [5.74, 6) is 1.66. The van der Waals surface area contributed by atoms with Crippen molar-refractivity contribution in [3.8, 4) is 11.5 Å². The van der Waals surface area contributed by atoms with Crippen LogP contribution in [-0.4, -0.2) is 31.2 Å². The maximum atomic E-state index is 11.6. The number of ketones is 1. The van der Waals surface area contributed by atoms with E-state index in [0.29, 0.717) is 43.0 Å². The van der Waals surface area contributed by atoms with E-state index in [2.05, 4.69) is 6.92 Å². The van der Waals surface area contributed by atoms with Crippen LogP contribution in [0.25, 0.3) is 0 Å². The summed E-state index contributed by atoms with van der Waals surface area (Å²) < 4.78 is 10.5. The maximum Gasteiger partial charge on any atom is 0.160 e. The van der Waals surface area contributed by atoms with Crippen LogP contribution < -0.4 is 9.47 Å². The van der Waals surface area contributed by atoms with Gasteiger partial charge in [-0.1, -0.05) is 19.4 Å². The highest BCUT2D eigenvalue weighted by Crippen LogP contribution is 2.28. The smallest absolute Gasteiger partial charge is 0.160 e. The zero-order valence-electron chi connectivity index (χ0n) is 13.9. The van der Waals surface area contributed by atoms with E-state index in [1.807, 2.05) is 18.2 Å². The van der Waals surface area contributed by atoms with Crippen molar-refractivity contribution in [3.63, 3.8) is 0 Å². The largest absolute Gasteiger partial charge is 0.493 e. The standard InChI is InChI=1S/C18H28O4/c1-4-5-7-15(19)8-6-9-16(20)12-14-10-11-17(21-2)18(13-14)22-3/h10-11,13,16,20H,4-9,12H2,1-3H3. The van der Waals surface area contributed by atoms with Gasteiger partial charge in [0.05, 0.1) is 20.3 Å². The fourth-order valence-corrected chi connectivity index (χ4v) is 2.42. The molecule has 0 aliphatic heterocycles. The molecule has 0 spiro atoms. The number of aliphatic hydroxyl groups is 1. The monoisotopic (exact) mass is 308 g/mol. The minimum absolute atomic E-state index is 0.306. The van der Waals surface area contributed by atoms with E-state index in [9.17, 15) is 9.90 Å². The quantitative estimate of drug-likeness (QED) is 0.679. The van der Waals surface area contributed by atoms with Gasteiger partial charge in [-0.05, 0) is 43.4 Å². The lowest BCUT2D eigenvalue weighted by Gasteiger charge is -2.13. The topological polar surface area (TPSA) is 55.8 Å². The van der Waals surface area contributed by atoms with Crippen molar-refractivity contribution in [2.45, 2.75) is 58.0 Å². The number of unbranched alkanes of at least 4 members (excludes halogenated alkanes) is 1. The van der Waals surface area contributed by atoms with Crippen LogP contribution in [0, 0.1) is 0 Å². The summed E-state index contributed by atoms with van der Waals surface area (Å²) in [4.78, 5) is 11.6. The Hall–Kier alpha value is -1.55. The molecule has 4 heteroatoms.